The minimum Gasteiger partial charge on any atom is -0.367 e. The van der Waals surface area contributed by atoms with E-state index in [0.717, 1.165) is 24.5 Å². The van der Waals surface area contributed by atoms with E-state index in [0.29, 0.717) is 0 Å². The van der Waals surface area contributed by atoms with Gasteiger partial charge < -0.3 is 5.32 Å². The molecule has 2 rings (SSSR count). The van der Waals surface area contributed by atoms with Gasteiger partial charge in [0, 0.05) is 12.1 Å². The molecule has 4 heteroatoms. The molecule has 0 amide bonds. The predicted octanol–water partition coefficient (Wildman–Crippen LogP) is 3.64. The number of aromatic nitrogens is 2. The molecule has 0 radical (unpaired) electrons. The molecule has 1 aromatic carbocycles. The summed E-state index contributed by atoms with van der Waals surface area (Å²) in [7, 11) is 0. The first-order valence-electron chi connectivity index (χ1n) is 5.86. The van der Waals surface area contributed by atoms with Crippen LogP contribution in [0.25, 0.3) is 11.3 Å². The van der Waals surface area contributed by atoms with Gasteiger partial charge in [-0.3, -0.25) is 0 Å². The van der Waals surface area contributed by atoms with Gasteiger partial charge >= 0.3 is 0 Å². The molecular formula is C13H17N3S. The lowest BCUT2D eigenvalue weighted by molar-refractivity contribution is 0.974. The summed E-state index contributed by atoms with van der Waals surface area (Å²) in [6.07, 6.45) is 1.09. The van der Waals surface area contributed by atoms with Crippen LogP contribution in [0, 0.1) is 13.8 Å². The van der Waals surface area contributed by atoms with Crippen LogP contribution in [0.15, 0.2) is 18.2 Å². The van der Waals surface area contributed by atoms with Crippen molar-refractivity contribution in [3.63, 3.8) is 0 Å². The first kappa shape index (κ1) is 12.0. The van der Waals surface area contributed by atoms with Gasteiger partial charge in [0.2, 0.25) is 0 Å². The van der Waals surface area contributed by atoms with Crippen LogP contribution < -0.4 is 5.32 Å². The molecule has 0 aliphatic carbocycles. The lowest BCUT2D eigenvalue weighted by atomic mass is 10.0. The molecule has 0 saturated carbocycles. The van der Waals surface area contributed by atoms with Crippen molar-refractivity contribution in [1.29, 1.82) is 0 Å². The molecule has 0 fully saturated rings. The Kier molecular flexibility index (Phi) is 3.74. The first-order chi connectivity index (χ1) is 8.22. The number of anilines is 1. The maximum Gasteiger partial charge on any atom is 0.168 e. The summed E-state index contributed by atoms with van der Waals surface area (Å²) in [5.74, 6) is 0.906. The number of hydrogen-bond acceptors (Lipinski definition) is 4. The second-order valence-electron chi connectivity index (χ2n) is 4.21. The molecule has 0 saturated heterocycles. The van der Waals surface area contributed by atoms with Gasteiger partial charge in [0.1, 0.15) is 5.69 Å². The van der Waals surface area contributed by atoms with E-state index in [-0.39, 0.29) is 0 Å². The number of nitrogens with one attached hydrogen (secondary N) is 1. The Morgan fingerprint density at radius 2 is 2.06 bits per heavy atom. The predicted molar refractivity (Wildman–Crippen MR) is 73.6 cm³/mol. The fraction of sp³-hybridized carbons (Fsp3) is 0.385. The zero-order chi connectivity index (χ0) is 12.3. The first-order valence-corrected chi connectivity index (χ1v) is 6.59. The fourth-order valence-corrected chi connectivity index (χ4v) is 2.34. The fourth-order valence-electron chi connectivity index (χ4n) is 1.80. The van der Waals surface area contributed by atoms with Gasteiger partial charge in [-0.25, -0.2) is 0 Å². The Hall–Kier alpha value is -1.42. The third-order valence-electron chi connectivity index (χ3n) is 2.67. The summed E-state index contributed by atoms with van der Waals surface area (Å²) < 4.78 is 8.71. The van der Waals surface area contributed by atoms with Crippen molar-refractivity contribution in [3.8, 4) is 11.3 Å². The molecule has 3 nitrogen and oxygen atoms in total. The molecule has 1 heterocycles. The molecule has 0 spiro atoms. The van der Waals surface area contributed by atoms with Crippen LogP contribution >= 0.6 is 11.7 Å². The zero-order valence-corrected chi connectivity index (χ0v) is 11.3. The van der Waals surface area contributed by atoms with Crippen molar-refractivity contribution in [2.75, 3.05) is 11.9 Å². The van der Waals surface area contributed by atoms with Gasteiger partial charge in [-0.15, -0.1) is 0 Å². The Morgan fingerprint density at radius 1 is 1.24 bits per heavy atom. The number of aryl methyl sites for hydroxylation is 2. The SMILES string of the molecule is CCCNc1nsnc1-c1ccc(C)cc1C. The van der Waals surface area contributed by atoms with E-state index in [2.05, 4.69) is 53.0 Å². The Balaban J connectivity index is 2.35. The van der Waals surface area contributed by atoms with Crippen LogP contribution in [0.3, 0.4) is 0 Å². The quantitative estimate of drug-likeness (QED) is 0.896. The normalized spacial score (nSPS) is 10.5. The molecule has 1 aromatic heterocycles. The third-order valence-corrected chi connectivity index (χ3v) is 3.20. The standard InChI is InChI=1S/C13H17N3S/c1-4-7-14-13-12(15-17-16-13)11-6-5-9(2)8-10(11)3/h5-6,8H,4,7H2,1-3H3,(H,14,16). The average molecular weight is 247 g/mol. The van der Waals surface area contributed by atoms with E-state index in [1.165, 1.54) is 28.4 Å². The largest absolute Gasteiger partial charge is 0.367 e. The maximum absolute atomic E-state index is 4.40. The van der Waals surface area contributed by atoms with Crippen molar-refractivity contribution >= 4 is 17.5 Å². The Morgan fingerprint density at radius 3 is 2.76 bits per heavy atom. The summed E-state index contributed by atoms with van der Waals surface area (Å²) in [6.45, 7) is 7.30. The van der Waals surface area contributed by atoms with Crippen molar-refractivity contribution < 1.29 is 0 Å². The molecule has 0 bridgehead atoms. The van der Waals surface area contributed by atoms with Crippen LogP contribution in [0.1, 0.15) is 24.5 Å². The van der Waals surface area contributed by atoms with Gasteiger partial charge in [-0.05, 0) is 25.8 Å². The minimum atomic E-state index is 0.906. The lowest BCUT2D eigenvalue weighted by Gasteiger charge is -2.07. The topological polar surface area (TPSA) is 37.8 Å². The molecule has 17 heavy (non-hydrogen) atoms. The van der Waals surface area contributed by atoms with Crippen molar-refractivity contribution in [2.24, 2.45) is 0 Å². The highest BCUT2D eigenvalue weighted by Gasteiger charge is 2.11. The second kappa shape index (κ2) is 5.27. The summed E-state index contributed by atoms with van der Waals surface area (Å²) >= 11 is 1.26. The number of rotatable bonds is 4. The van der Waals surface area contributed by atoms with E-state index < -0.39 is 0 Å². The molecule has 1 N–H and O–H groups in total. The Bertz CT molecular complexity index is 505. The van der Waals surface area contributed by atoms with Gasteiger partial charge in [0.15, 0.2) is 5.82 Å². The minimum absolute atomic E-state index is 0.906. The van der Waals surface area contributed by atoms with Crippen molar-refractivity contribution in [3.05, 3.63) is 29.3 Å². The van der Waals surface area contributed by atoms with Crippen LogP contribution in [0.5, 0.6) is 0 Å². The van der Waals surface area contributed by atoms with E-state index in [1.807, 2.05) is 0 Å². The van der Waals surface area contributed by atoms with E-state index in [9.17, 15) is 0 Å². The van der Waals surface area contributed by atoms with Crippen molar-refractivity contribution in [2.45, 2.75) is 27.2 Å². The van der Waals surface area contributed by atoms with Gasteiger partial charge in [-0.2, -0.15) is 8.75 Å². The molecule has 2 aromatic rings. The average Bonchev–Trinajstić information content (AvgIpc) is 2.74. The van der Waals surface area contributed by atoms with Crippen LogP contribution in [-0.2, 0) is 0 Å². The monoisotopic (exact) mass is 247 g/mol. The van der Waals surface area contributed by atoms with Crippen LogP contribution in [-0.4, -0.2) is 15.3 Å². The van der Waals surface area contributed by atoms with Gasteiger partial charge in [-0.1, -0.05) is 30.7 Å². The van der Waals surface area contributed by atoms with Crippen LogP contribution in [0.2, 0.25) is 0 Å². The van der Waals surface area contributed by atoms with Crippen molar-refractivity contribution in [1.82, 2.24) is 8.75 Å². The highest BCUT2D eigenvalue weighted by molar-refractivity contribution is 6.99. The molecule has 0 unspecified atom stereocenters. The molecule has 0 atom stereocenters. The number of nitrogens with zero attached hydrogens (tertiary/aromatic N) is 2. The Labute approximate surface area is 106 Å². The smallest absolute Gasteiger partial charge is 0.168 e. The summed E-state index contributed by atoms with van der Waals surface area (Å²) in [5.41, 5.74) is 4.67. The van der Waals surface area contributed by atoms with E-state index >= 15 is 0 Å². The number of benzene rings is 1. The summed E-state index contributed by atoms with van der Waals surface area (Å²) in [4.78, 5) is 0. The second-order valence-corrected chi connectivity index (χ2v) is 4.74. The zero-order valence-electron chi connectivity index (χ0n) is 10.4. The van der Waals surface area contributed by atoms with Crippen LogP contribution in [0.4, 0.5) is 5.82 Å². The van der Waals surface area contributed by atoms with E-state index in [4.69, 9.17) is 0 Å². The highest BCUT2D eigenvalue weighted by atomic mass is 32.1. The molecular weight excluding hydrogens is 230 g/mol. The van der Waals surface area contributed by atoms with Gasteiger partial charge in [0.05, 0.1) is 11.7 Å². The highest BCUT2D eigenvalue weighted by Crippen LogP contribution is 2.29. The van der Waals surface area contributed by atoms with Gasteiger partial charge in [0.25, 0.3) is 0 Å². The molecule has 0 aliphatic heterocycles. The maximum atomic E-state index is 4.40. The molecule has 0 aliphatic rings. The summed E-state index contributed by atoms with van der Waals surface area (Å²) in [6, 6.07) is 6.42. The number of hydrogen-bond donors (Lipinski definition) is 1. The molecule has 90 valence electrons. The lowest BCUT2D eigenvalue weighted by Crippen LogP contribution is -2.01. The third kappa shape index (κ3) is 2.64. The summed E-state index contributed by atoms with van der Waals surface area (Å²) in [5, 5.41) is 3.32. The van der Waals surface area contributed by atoms with E-state index in [1.54, 1.807) is 0 Å².